The van der Waals surface area contributed by atoms with Crippen LogP contribution >= 0.6 is 0 Å². The van der Waals surface area contributed by atoms with E-state index in [1.807, 2.05) is 13.0 Å². The lowest BCUT2D eigenvalue weighted by Gasteiger charge is -2.34. The van der Waals surface area contributed by atoms with E-state index in [9.17, 15) is 14.9 Å². The molecular formula is C20H26N4O3. The lowest BCUT2D eigenvalue weighted by atomic mass is 9.95. The number of pyridine rings is 1. The molecule has 1 fully saturated rings. The van der Waals surface area contributed by atoms with Crippen molar-refractivity contribution < 1.29 is 9.72 Å². The molecule has 0 unspecified atom stereocenters. The number of rotatable bonds is 6. The van der Waals surface area contributed by atoms with Crippen LogP contribution in [0.5, 0.6) is 0 Å². The Morgan fingerprint density at radius 3 is 2.96 bits per heavy atom. The smallest absolute Gasteiger partial charge is 0.278 e. The molecule has 0 spiro atoms. The quantitative estimate of drug-likeness (QED) is 0.619. The third kappa shape index (κ3) is 4.18. The van der Waals surface area contributed by atoms with Crippen molar-refractivity contribution in [1.29, 1.82) is 0 Å². The fraction of sp³-hybridized carbons (Fsp3) is 0.500. The third-order valence-corrected chi connectivity index (χ3v) is 5.21. The Morgan fingerprint density at radius 1 is 1.41 bits per heavy atom. The van der Waals surface area contributed by atoms with E-state index in [0.29, 0.717) is 11.9 Å². The lowest BCUT2D eigenvalue weighted by molar-refractivity contribution is -0.383. The fourth-order valence-corrected chi connectivity index (χ4v) is 3.87. The summed E-state index contributed by atoms with van der Waals surface area (Å²) in [6.45, 7) is 5.61. The predicted octanol–water partition coefficient (Wildman–Crippen LogP) is 3.66. The molecule has 0 bridgehead atoms. The summed E-state index contributed by atoms with van der Waals surface area (Å²) in [6.07, 6.45) is 6.99. The fourth-order valence-electron chi connectivity index (χ4n) is 3.87. The highest BCUT2D eigenvalue weighted by Crippen LogP contribution is 2.34. The molecule has 1 saturated heterocycles. The van der Waals surface area contributed by atoms with E-state index in [1.54, 1.807) is 12.3 Å². The number of fused-ring (bicyclic) bond motifs is 1. The molecule has 2 heterocycles. The number of hydrogen-bond donors (Lipinski definition) is 1. The lowest BCUT2D eigenvalue weighted by Crippen LogP contribution is -2.45. The third-order valence-electron chi connectivity index (χ3n) is 5.21. The highest BCUT2D eigenvalue weighted by atomic mass is 16.6. The molecule has 7 heteroatoms. The summed E-state index contributed by atoms with van der Waals surface area (Å²) in [5, 5.41) is 15.8. The van der Waals surface area contributed by atoms with Crippen molar-refractivity contribution >= 4 is 28.1 Å². The van der Waals surface area contributed by atoms with Crippen LogP contribution in [0.4, 0.5) is 11.4 Å². The number of carbonyl (C=O) groups is 1. The summed E-state index contributed by atoms with van der Waals surface area (Å²) in [5.74, 6) is 0.0404. The van der Waals surface area contributed by atoms with Crippen molar-refractivity contribution in [1.82, 2.24) is 10.3 Å². The van der Waals surface area contributed by atoms with E-state index in [-0.39, 0.29) is 28.5 Å². The summed E-state index contributed by atoms with van der Waals surface area (Å²) in [4.78, 5) is 29.8. The van der Waals surface area contributed by atoms with Gasteiger partial charge in [0, 0.05) is 48.7 Å². The van der Waals surface area contributed by atoms with E-state index in [0.717, 1.165) is 43.3 Å². The minimum absolute atomic E-state index is 0.0570. The van der Waals surface area contributed by atoms with Gasteiger partial charge in [0.1, 0.15) is 0 Å². The zero-order valence-corrected chi connectivity index (χ0v) is 15.9. The van der Waals surface area contributed by atoms with Gasteiger partial charge in [-0.3, -0.25) is 19.9 Å². The van der Waals surface area contributed by atoms with Crippen molar-refractivity contribution in [2.24, 2.45) is 5.92 Å². The number of piperidine rings is 1. The van der Waals surface area contributed by atoms with Crippen LogP contribution in [-0.4, -0.2) is 34.9 Å². The van der Waals surface area contributed by atoms with Crippen LogP contribution in [-0.2, 0) is 4.79 Å². The molecule has 0 saturated carbocycles. The maximum Gasteiger partial charge on any atom is 0.278 e. The second-order valence-corrected chi connectivity index (χ2v) is 7.27. The van der Waals surface area contributed by atoms with Crippen LogP contribution in [0.1, 0.15) is 39.5 Å². The summed E-state index contributed by atoms with van der Waals surface area (Å²) >= 11 is 0. The van der Waals surface area contributed by atoms with Crippen LogP contribution in [0.2, 0.25) is 0 Å². The molecule has 0 aliphatic carbocycles. The topological polar surface area (TPSA) is 88.4 Å². The monoisotopic (exact) mass is 370 g/mol. The van der Waals surface area contributed by atoms with Crippen LogP contribution < -0.4 is 10.2 Å². The van der Waals surface area contributed by atoms with Gasteiger partial charge in [-0.05, 0) is 38.3 Å². The number of amides is 1. The zero-order chi connectivity index (χ0) is 19.4. The van der Waals surface area contributed by atoms with Gasteiger partial charge >= 0.3 is 0 Å². The summed E-state index contributed by atoms with van der Waals surface area (Å²) in [6, 6.07) is 5.32. The Balaban J connectivity index is 1.83. The Hall–Kier alpha value is -2.70. The first-order valence-electron chi connectivity index (χ1n) is 9.57. The van der Waals surface area contributed by atoms with E-state index >= 15 is 0 Å². The van der Waals surface area contributed by atoms with Gasteiger partial charge in [-0.25, -0.2) is 0 Å². The predicted molar refractivity (Wildman–Crippen MR) is 106 cm³/mol. The van der Waals surface area contributed by atoms with E-state index in [1.165, 1.54) is 12.3 Å². The average Bonchev–Trinajstić information content (AvgIpc) is 2.67. The number of nitrogens with zero attached hydrogens (tertiary/aromatic N) is 3. The largest absolute Gasteiger partial charge is 0.370 e. The molecule has 1 N–H and O–H groups in total. The molecule has 27 heavy (non-hydrogen) atoms. The molecule has 3 rings (SSSR count). The van der Waals surface area contributed by atoms with Crippen LogP contribution in [0.15, 0.2) is 30.6 Å². The molecule has 1 amide bonds. The molecular weight excluding hydrogens is 344 g/mol. The Morgan fingerprint density at radius 2 is 2.22 bits per heavy atom. The average molecular weight is 370 g/mol. The van der Waals surface area contributed by atoms with E-state index in [2.05, 4.69) is 22.1 Å². The zero-order valence-electron chi connectivity index (χ0n) is 15.9. The molecule has 2 aromatic rings. The second-order valence-electron chi connectivity index (χ2n) is 7.27. The van der Waals surface area contributed by atoms with Gasteiger partial charge in [-0.1, -0.05) is 13.3 Å². The van der Waals surface area contributed by atoms with Crippen molar-refractivity contribution in [2.45, 2.75) is 45.6 Å². The van der Waals surface area contributed by atoms with E-state index < -0.39 is 0 Å². The summed E-state index contributed by atoms with van der Waals surface area (Å²) in [5.41, 5.74) is 0.985. The maximum atomic E-state index is 12.6. The molecule has 1 aromatic carbocycles. The first-order chi connectivity index (χ1) is 13.0. The SMILES string of the molecule is CCC[C@@H](C)NC(=O)[C@@H]1CCCN(c2ccc([N+](=O)[O-])c3cnccc23)C1. The molecule has 1 aliphatic rings. The number of nitro benzene ring substituents is 1. The van der Waals surface area contributed by atoms with Gasteiger partial charge in [0.15, 0.2) is 0 Å². The van der Waals surface area contributed by atoms with E-state index in [4.69, 9.17) is 0 Å². The number of anilines is 1. The number of benzene rings is 1. The van der Waals surface area contributed by atoms with Crippen molar-refractivity contribution in [3.05, 3.63) is 40.7 Å². The maximum absolute atomic E-state index is 12.6. The minimum Gasteiger partial charge on any atom is -0.370 e. The Kier molecular flexibility index (Phi) is 5.88. The number of non-ortho nitro benzene ring substituents is 1. The van der Waals surface area contributed by atoms with Gasteiger partial charge in [-0.2, -0.15) is 0 Å². The number of nitro groups is 1. The first-order valence-corrected chi connectivity index (χ1v) is 9.57. The second kappa shape index (κ2) is 8.33. The van der Waals surface area contributed by atoms with Gasteiger partial charge in [0.2, 0.25) is 5.91 Å². The van der Waals surface area contributed by atoms with Crippen LogP contribution in [0, 0.1) is 16.0 Å². The Labute approximate surface area is 158 Å². The van der Waals surface area contributed by atoms with Crippen molar-refractivity contribution in [3.8, 4) is 0 Å². The van der Waals surface area contributed by atoms with Gasteiger partial charge in [0.25, 0.3) is 5.69 Å². The first kappa shape index (κ1) is 19.1. The number of nitrogens with one attached hydrogen (secondary N) is 1. The standard InChI is InChI=1S/C20H26N4O3/c1-3-5-14(2)22-20(25)15-6-4-11-23(13-15)18-7-8-19(24(26)27)17-12-21-10-9-16(17)18/h7-10,12,14-15H,3-6,11,13H2,1-2H3,(H,22,25)/t14-,15-/m1/s1. The van der Waals surface area contributed by atoms with Gasteiger partial charge < -0.3 is 10.2 Å². The summed E-state index contributed by atoms with van der Waals surface area (Å²) in [7, 11) is 0. The normalized spacial score (nSPS) is 18.3. The van der Waals surface area contributed by atoms with Crippen molar-refractivity contribution in [3.63, 3.8) is 0 Å². The molecule has 144 valence electrons. The number of carbonyl (C=O) groups excluding carboxylic acids is 1. The molecule has 1 aromatic heterocycles. The molecule has 2 atom stereocenters. The van der Waals surface area contributed by atoms with Crippen LogP contribution in [0.3, 0.4) is 0 Å². The van der Waals surface area contributed by atoms with Crippen molar-refractivity contribution in [2.75, 3.05) is 18.0 Å². The number of aromatic nitrogens is 1. The highest BCUT2D eigenvalue weighted by molar-refractivity contribution is 5.99. The highest BCUT2D eigenvalue weighted by Gasteiger charge is 2.28. The van der Waals surface area contributed by atoms with Gasteiger partial charge in [0.05, 0.1) is 16.2 Å². The molecule has 7 nitrogen and oxygen atoms in total. The molecule has 0 radical (unpaired) electrons. The van der Waals surface area contributed by atoms with Gasteiger partial charge in [-0.15, -0.1) is 0 Å². The summed E-state index contributed by atoms with van der Waals surface area (Å²) < 4.78 is 0. The molecule has 1 aliphatic heterocycles. The van der Waals surface area contributed by atoms with Crippen LogP contribution in [0.25, 0.3) is 10.8 Å². The number of hydrogen-bond acceptors (Lipinski definition) is 5. The minimum atomic E-state index is -0.380. The Bertz CT molecular complexity index is 839.